The molecule has 0 unspecified atom stereocenters. The van der Waals surface area contributed by atoms with Crippen molar-refractivity contribution in [3.8, 4) is 0 Å². The average Bonchev–Trinajstić information content (AvgIpc) is 2.04. The van der Waals surface area contributed by atoms with Crippen LogP contribution in [-0.2, 0) is 7.05 Å². The molecule has 4 heteroatoms. The Kier molecular flexibility index (Phi) is 5.69. The second-order valence-corrected chi connectivity index (χ2v) is 2.02. The minimum absolute atomic E-state index is 0.874. The zero-order valence-electron chi connectivity index (χ0n) is 8.07. The molecule has 1 aromatic rings. The molecular formula is C8H16N4. The van der Waals surface area contributed by atoms with E-state index in [9.17, 15) is 0 Å². The number of aryl methyl sites for hydroxylation is 2. The standard InChI is InChI=1S/C6H10N4.C2H6/c1-6-5-8-7-3-4-10(2)9-6;1-2/h3-5,7H,1-2H3;1-2H3. The molecule has 1 aromatic heterocycles. The third kappa shape index (κ3) is 4.49. The van der Waals surface area contributed by atoms with Crippen molar-refractivity contribution in [2.75, 3.05) is 0 Å². The molecule has 0 aliphatic heterocycles. The number of hydrogen-bond donors (Lipinski definition) is 1. The lowest BCUT2D eigenvalue weighted by molar-refractivity contribution is 0.718. The van der Waals surface area contributed by atoms with Gasteiger partial charge in [-0.2, -0.15) is 10.2 Å². The minimum atomic E-state index is 0.874. The SMILES string of the molecule is CC.Cc1cn[nH]ccn(C)n1. The van der Waals surface area contributed by atoms with Crippen molar-refractivity contribution in [3.63, 3.8) is 0 Å². The molecule has 0 spiro atoms. The van der Waals surface area contributed by atoms with Crippen molar-refractivity contribution in [2.24, 2.45) is 7.05 Å². The molecule has 0 bridgehead atoms. The molecule has 0 atom stereocenters. The molecule has 0 radical (unpaired) electrons. The molecule has 0 aromatic carbocycles. The zero-order chi connectivity index (χ0) is 9.40. The molecule has 68 valence electrons. The van der Waals surface area contributed by atoms with Crippen LogP contribution in [0.4, 0.5) is 0 Å². The summed E-state index contributed by atoms with van der Waals surface area (Å²) < 4.78 is 1.72. The van der Waals surface area contributed by atoms with Crippen LogP contribution in [0.5, 0.6) is 0 Å². The highest BCUT2D eigenvalue weighted by molar-refractivity contribution is 4.83. The predicted molar refractivity (Wildman–Crippen MR) is 49.1 cm³/mol. The van der Waals surface area contributed by atoms with Gasteiger partial charge >= 0.3 is 0 Å². The monoisotopic (exact) mass is 168 g/mol. The number of nitrogens with zero attached hydrogens (tertiary/aromatic N) is 3. The van der Waals surface area contributed by atoms with Crippen molar-refractivity contribution < 1.29 is 0 Å². The van der Waals surface area contributed by atoms with Crippen molar-refractivity contribution in [3.05, 3.63) is 24.3 Å². The van der Waals surface area contributed by atoms with Crippen LogP contribution in [-0.4, -0.2) is 20.0 Å². The van der Waals surface area contributed by atoms with Crippen LogP contribution in [0, 0.1) is 6.92 Å². The van der Waals surface area contributed by atoms with E-state index in [0.717, 1.165) is 5.69 Å². The van der Waals surface area contributed by atoms with Gasteiger partial charge in [0.1, 0.15) is 0 Å². The van der Waals surface area contributed by atoms with Crippen LogP contribution >= 0.6 is 0 Å². The van der Waals surface area contributed by atoms with E-state index in [1.807, 2.05) is 27.8 Å². The Morgan fingerprint density at radius 3 is 2.75 bits per heavy atom. The summed E-state index contributed by atoms with van der Waals surface area (Å²) in [5, 5.41) is 10.7. The van der Waals surface area contributed by atoms with Crippen LogP contribution in [0.1, 0.15) is 19.5 Å². The Morgan fingerprint density at radius 2 is 2.08 bits per heavy atom. The van der Waals surface area contributed by atoms with E-state index in [0.29, 0.717) is 0 Å². The average molecular weight is 168 g/mol. The van der Waals surface area contributed by atoms with E-state index in [-0.39, 0.29) is 0 Å². The fourth-order valence-corrected chi connectivity index (χ4v) is 0.623. The first-order valence-electron chi connectivity index (χ1n) is 4.02. The highest BCUT2D eigenvalue weighted by Gasteiger charge is 1.77. The lowest BCUT2D eigenvalue weighted by Gasteiger charge is -1.92. The van der Waals surface area contributed by atoms with Gasteiger partial charge in [-0.1, -0.05) is 13.8 Å². The van der Waals surface area contributed by atoms with Crippen LogP contribution in [0.3, 0.4) is 0 Å². The van der Waals surface area contributed by atoms with Gasteiger partial charge in [0.2, 0.25) is 0 Å². The van der Waals surface area contributed by atoms with Crippen molar-refractivity contribution >= 4 is 0 Å². The zero-order valence-corrected chi connectivity index (χ0v) is 8.07. The quantitative estimate of drug-likeness (QED) is 0.639. The first-order chi connectivity index (χ1) is 5.79. The number of nitrogens with one attached hydrogen (secondary N) is 1. The van der Waals surface area contributed by atoms with Crippen LogP contribution in [0.2, 0.25) is 0 Å². The summed E-state index contributed by atoms with van der Waals surface area (Å²) >= 11 is 0. The highest BCUT2D eigenvalue weighted by Crippen LogP contribution is 1.79. The summed E-state index contributed by atoms with van der Waals surface area (Å²) in [5.41, 5.74) is 0.874. The number of aromatic amines is 1. The molecule has 0 fully saturated rings. The maximum Gasteiger partial charge on any atom is 0.0778 e. The lowest BCUT2D eigenvalue weighted by Crippen LogP contribution is -1.95. The molecule has 0 aliphatic rings. The van der Waals surface area contributed by atoms with Gasteiger partial charge in [-0.3, -0.25) is 9.78 Å². The third-order valence-electron chi connectivity index (χ3n) is 1.01. The number of H-pyrrole nitrogens is 1. The van der Waals surface area contributed by atoms with Gasteiger partial charge in [-0.25, -0.2) is 0 Å². The third-order valence-corrected chi connectivity index (χ3v) is 1.01. The largest absolute Gasteiger partial charge is 0.284 e. The van der Waals surface area contributed by atoms with Crippen molar-refractivity contribution in [2.45, 2.75) is 20.8 Å². The molecule has 0 saturated carbocycles. The maximum atomic E-state index is 4.11. The summed E-state index contributed by atoms with van der Waals surface area (Å²) in [5.74, 6) is 0. The normalized spacial score (nSPS) is 8.00. The fraction of sp³-hybridized carbons (Fsp3) is 0.500. The number of hydrogen-bond acceptors (Lipinski definition) is 2. The molecular weight excluding hydrogens is 152 g/mol. The van der Waals surface area contributed by atoms with Gasteiger partial charge in [0, 0.05) is 19.4 Å². The van der Waals surface area contributed by atoms with E-state index in [1.165, 1.54) is 0 Å². The predicted octanol–water partition coefficient (Wildman–Crippen LogP) is 1.60. The fourth-order valence-electron chi connectivity index (χ4n) is 0.623. The first kappa shape index (κ1) is 10.7. The van der Waals surface area contributed by atoms with Crippen LogP contribution < -0.4 is 0 Å². The van der Waals surface area contributed by atoms with E-state index in [4.69, 9.17) is 0 Å². The summed E-state index contributed by atoms with van der Waals surface area (Å²) in [6.45, 7) is 5.89. The summed E-state index contributed by atoms with van der Waals surface area (Å²) in [7, 11) is 1.86. The lowest BCUT2D eigenvalue weighted by atomic mass is 10.6. The molecule has 1 heterocycles. The summed E-state index contributed by atoms with van der Waals surface area (Å²) in [6, 6.07) is 0. The van der Waals surface area contributed by atoms with Crippen molar-refractivity contribution in [1.82, 2.24) is 20.0 Å². The van der Waals surface area contributed by atoms with Crippen LogP contribution in [0.25, 0.3) is 0 Å². The second kappa shape index (κ2) is 6.39. The van der Waals surface area contributed by atoms with E-state index in [2.05, 4.69) is 15.3 Å². The smallest absolute Gasteiger partial charge is 0.0778 e. The van der Waals surface area contributed by atoms with Gasteiger partial charge in [0.15, 0.2) is 0 Å². The maximum absolute atomic E-state index is 4.11. The van der Waals surface area contributed by atoms with Gasteiger partial charge in [-0.15, -0.1) is 0 Å². The molecule has 1 rings (SSSR count). The number of rotatable bonds is 0. The van der Waals surface area contributed by atoms with E-state index in [1.54, 1.807) is 23.3 Å². The Bertz CT molecular complexity index is 225. The molecule has 0 amide bonds. The second-order valence-electron chi connectivity index (χ2n) is 2.02. The van der Waals surface area contributed by atoms with Gasteiger partial charge < -0.3 is 0 Å². The van der Waals surface area contributed by atoms with Gasteiger partial charge in [0.25, 0.3) is 0 Å². The topological polar surface area (TPSA) is 46.5 Å². The highest BCUT2D eigenvalue weighted by atomic mass is 15.2. The van der Waals surface area contributed by atoms with Crippen molar-refractivity contribution in [1.29, 1.82) is 0 Å². The van der Waals surface area contributed by atoms with E-state index >= 15 is 0 Å². The molecule has 12 heavy (non-hydrogen) atoms. The molecule has 0 saturated heterocycles. The van der Waals surface area contributed by atoms with Crippen LogP contribution in [0.15, 0.2) is 18.6 Å². The van der Waals surface area contributed by atoms with E-state index < -0.39 is 0 Å². The Balaban J connectivity index is 0.000000561. The van der Waals surface area contributed by atoms with Gasteiger partial charge in [-0.05, 0) is 6.92 Å². The number of aromatic nitrogens is 4. The Hall–Kier alpha value is -1.32. The Labute approximate surface area is 72.9 Å². The molecule has 4 nitrogen and oxygen atoms in total. The summed E-state index contributed by atoms with van der Waals surface area (Å²) in [4.78, 5) is 0. The Morgan fingerprint density at radius 1 is 1.42 bits per heavy atom. The molecule has 0 aliphatic carbocycles. The molecule has 1 N–H and O–H groups in total. The minimum Gasteiger partial charge on any atom is -0.284 e. The van der Waals surface area contributed by atoms with Gasteiger partial charge in [0.05, 0.1) is 11.9 Å². The first-order valence-corrected chi connectivity index (χ1v) is 4.02. The summed E-state index contributed by atoms with van der Waals surface area (Å²) in [6.07, 6.45) is 5.17.